The monoisotopic (exact) mass is 405 g/mol. The summed E-state index contributed by atoms with van der Waals surface area (Å²) < 4.78 is 40.3. The van der Waals surface area contributed by atoms with Gasteiger partial charge in [0.25, 0.3) is 0 Å². The molecule has 26 heavy (non-hydrogen) atoms. The van der Waals surface area contributed by atoms with Crippen LogP contribution in [0.1, 0.15) is 25.7 Å². The van der Waals surface area contributed by atoms with E-state index in [1.807, 2.05) is 4.90 Å². The van der Waals surface area contributed by atoms with E-state index < -0.39 is 15.8 Å². The van der Waals surface area contributed by atoms with Crippen molar-refractivity contribution in [3.05, 3.63) is 30.1 Å². The SMILES string of the molecule is Cl.O=C(C1CCCNC1)N1CCC(NS(=O)(=O)c2ccc(F)cc2)CC1. The molecule has 1 unspecified atom stereocenters. The van der Waals surface area contributed by atoms with Crippen molar-refractivity contribution >= 4 is 28.3 Å². The Bertz CT molecular complexity index is 700. The Morgan fingerprint density at radius 3 is 2.38 bits per heavy atom. The fourth-order valence-corrected chi connectivity index (χ4v) is 4.74. The van der Waals surface area contributed by atoms with Crippen LogP contribution in [0.2, 0.25) is 0 Å². The van der Waals surface area contributed by atoms with E-state index in [1.165, 1.54) is 12.1 Å². The lowest BCUT2D eigenvalue weighted by atomic mass is 9.96. The number of nitrogens with one attached hydrogen (secondary N) is 2. The molecule has 0 spiro atoms. The van der Waals surface area contributed by atoms with Crippen molar-refractivity contribution in [2.45, 2.75) is 36.6 Å². The summed E-state index contributed by atoms with van der Waals surface area (Å²) in [4.78, 5) is 14.4. The van der Waals surface area contributed by atoms with Gasteiger partial charge in [0, 0.05) is 25.7 Å². The Morgan fingerprint density at radius 2 is 1.81 bits per heavy atom. The third-order valence-electron chi connectivity index (χ3n) is 4.90. The Balaban J connectivity index is 0.00000243. The van der Waals surface area contributed by atoms with E-state index in [4.69, 9.17) is 0 Å². The van der Waals surface area contributed by atoms with Crippen LogP contribution in [0.4, 0.5) is 4.39 Å². The van der Waals surface area contributed by atoms with Gasteiger partial charge in [0.1, 0.15) is 5.82 Å². The van der Waals surface area contributed by atoms with Crippen molar-refractivity contribution in [1.82, 2.24) is 14.9 Å². The van der Waals surface area contributed by atoms with E-state index in [9.17, 15) is 17.6 Å². The lowest BCUT2D eigenvalue weighted by Crippen LogP contribution is -2.49. The lowest BCUT2D eigenvalue weighted by molar-refractivity contribution is -0.137. The van der Waals surface area contributed by atoms with E-state index >= 15 is 0 Å². The highest BCUT2D eigenvalue weighted by Gasteiger charge is 2.30. The first-order valence-corrected chi connectivity index (χ1v) is 10.2. The molecule has 1 atom stereocenters. The molecule has 146 valence electrons. The molecule has 1 amide bonds. The summed E-state index contributed by atoms with van der Waals surface area (Å²) in [5.74, 6) is -0.253. The van der Waals surface area contributed by atoms with Crippen LogP contribution in [0.15, 0.2) is 29.2 Å². The fourth-order valence-electron chi connectivity index (χ4n) is 3.44. The molecular formula is C17H25ClFN3O3S. The lowest BCUT2D eigenvalue weighted by Gasteiger charge is -2.35. The number of nitrogens with zero attached hydrogens (tertiary/aromatic N) is 1. The van der Waals surface area contributed by atoms with Crippen LogP contribution in [0.5, 0.6) is 0 Å². The highest BCUT2D eigenvalue weighted by Crippen LogP contribution is 2.19. The first-order chi connectivity index (χ1) is 12.0. The van der Waals surface area contributed by atoms with Gasteiger partial charge < -0.3 is 10.2 Å². The van der Waals surface area contributed by atoms with Crippen molar-refractivity contribution in [3.63, 3.8) is 0 Å². The van der Waals surface area contributed by atoms with Crippen molar-refractivity contribution in [2.75, 3.05) is 26.2 Å². The van der Waals surface area contributed by atoms with Crippen LogP contribution in [0.25, 0.3) is 0 Å². The summed E-state index contributed by atoms with van der Waals surface area (Å²) in [5, 5.41) is 3.25. The molecular weight excluding hydrogens is 381 g/mol. The number of carbonyl (C=O) groups excluding carboxylic acids is 1. The van der Waals surface area contributed by atoms with Crippen molar-refractivity contribution in [1.29, 1.82) is 0 Å². The molecule has 0 aromatic heterocycles. The standard InChI is InChI=1S/C17H24FN3O3S.ClH/c18-14-3-5-16(6-4-14)25(23,24)20-15-7-10-21(11-8-15)17(22)13-2-1-9-19-12-13;/h3-6,13,15,19-20H,1-2,7-12H2;1H. The molecule has 9 heteroatoms. The maximum Gasteiger partial charge on any atom is 0.240 e. The number of benzene rings is 1. The molecule has 6 nitrogen and oxygen atoms in total. The Kier molecular flexibility index (Phi) is 7.40. The van der Waals surface area contributed by atoms with Crippen LogP contribution in [-0.2, 0) is 14.8 Å². The first kappa shape index (κ1) is 21.1. The normalized spacial score (nSPS) is 21.9. The van der Waals surface area contributed by atoms with Gasteiger partial charge in [0.05, 0.1) is 10.8 Å². The Labute approximate surface area is 160 Å². The minimum Gasteiger partial charge on any atom is -0.342 e. The molecule has 2 saturated heterocycles. The number of hydrogen-bond donors (Lipinski definition) is 2. The topological polar surface area (TPSA) is 78.5 Å². The number of amides is 1. The number of hydrogen-bond acceptors (Lipinski definition) is 4. The average molecular weight is 406 g/mol. The maximum atomic E-state index is 12.9. The van der Waals surface area contributed by atoms with Crippen LogP contribution in [-0.4, -0.2) is 51.4 Å². The second kappa shape index (κ2) is 9.12. The molecule has 0 bridgehead atoms. The largest absolute Gasteiger partial charge is 0.342 e. The number of likely N-dealkylation sites (tertiary alicyclic amines) is 1. The molecule has 3 rings (SSSR count). The zero-order chi connectivity index (χ0) is 17.9. The van der Waals surface area contributed by atoms with Gasteiger partial charge in [0.2, 0.25) is 15.9 Å². The maximum absolute atomic E-state index is 12.9. The summed E-state index contributed by atoms with van der Waals surface area (Å²) in [6.07, 6.45) is 3.12. The summed E-state index contributed by atoms with van der Waals surface area (Å²) in [6, 6.07) is 4.57. The predicted molar refractivity (Wildman–Crippen MR) is 99.2 cm³/mol. The quantitative estimate of drug-likeness (QED) is 0.796. The molecule has 2 aliphatic rings. The molecule has 2 aliphatic heterocycles. The number of halogens is 2. The van der Waals surface area contributed by atoms with Crippen molar-refractivity contribution in [3.8, 4) is 0 Å². The third-order valence-corrected chi connectivity index (χ3v) is 6.43. The summed E-state index contributed by atoms with van der Waals surface area (Å²) in [7, 11) is -3.66. The highest BCUT2D eigenvalue weighted by atomic mass is 35.5. The molecule has 0 saturated carbocycles. The van der Waals surface area contributed by atoms with Gasteiger partial charge in [-0.15, -0.1) is 12.4 Å². The number of carbonyl (C=O) groups is 1. The summed E-state index contributed by atoms with van der Waals surface area (Å²) in [6.45, 7) is 2.82. The summed E-state index contributed by atoms with van der Waals surface area (Å²) >= 11 is 0. The molecule has 1 aromatic rings. The molecule has 0 radical (unpaired) electrons. The van der Waals surface area contributed by atoms with Gasteiger partial charge in [-0.3, -0.25) is 4.79 Å². The Hall–Kier alpha value is -1.22. The Morgan fingerprint density at radius 1 is 1.15 bits per heavy atom. The first-order valence-electron chi connectivity index (χ1n) is 8.73. The molecule has 2 heterocycles. The van der Waals surface area contributed by atoms with Gasteiger partial charge in [-0.25, -0.2) is 17.5 Å². The number of sulfonamides is 1. The van der Waals surface area contributed by atoms with E-state index in [0.717, 1.165) is 38.1 Å². The zero-order valence-electron chi connectivity index (χ0n) is 14.5. The number of piperidine rings is 2. The van der Waals surface area contributed by atoms with Crippen LogP contribution in [0, 0.1) is 11.7 Å². The van der Waals surface area contributed by atoms with Gasteiger partial charge in [-0.2, -0.15) is 0 Å². The minimum absolute atomic E-state index is 0. The average Bonchev–Trinajstić information content (AvgIpc) is 2.62. The smallest absolute Gasteiger partial charge is 0.240 e. The van der Waals surface area contributed by atoms with Crippen LogP contribution >= 0.6 is 12.4 Å². The predicted octanol–water partition coefficient (Wildman–Crippen LogP) is 1.52. The fraction of sp³-hybridized carbons (Fsp3) is 0.588. The zero-order valence-corrected chi connectivity index (χ0v) is 16.1. The number of rotatable bonds is 4. The molecule has 2 N–H and O–H groups in total. The van der Waals surface area contributed by atoms with Gasteiger partial charge >= 0.3 is 0 Å². The van der Waals surface area contributed by atoms with Crippen molar-refractivity contribution < 1.29 is 17.6 Å². The summed E-state index contributed by atoms with van der Waals surface area (Å²) in [5.41, 5.74) is 0. The van der Waals surface area contributed by atoms with Crippen LogP contribution in [0.3, 0.4) is 0 Å². The van der Waals surface area contributed by atoms with Gasteiger partial charge in [-0.1, -0.05) is 0 Å². The van der Waals surface area contributed by atoms with Gasteiger partial charge in [0.15, 0.2) is 0 Å². The molecule has 2 fully saturated rings. The minimum atomic E-state index is -3.66. The van der Waals surface area contributed by atoms with Crippen LogP contribution < -0.4 is 10.0 Å². The van der Waals surface area contributed by atoms with Crippen molar-refractivity contribution in [2.24, 2.45) is 5.92 Å². The third kappa shape index (κ3) is 5.16. The highest BCUT2D eigenvalue weighted by molar-refractivity contribution is 7.89. The van der Waals surface area contributed by atoms with E-state index in [-0.39, 0.29) is 35.2 Å². The molecule has 1 aromatic carbocycles. The van der Waals surface area contributed by atoms with E-state index in [2.05, 4.69) is 10.0 Å². The van der Waals surface area contributed by atoms with E-state index in [1.54, 1.807) is 0 Å². The van der Waals surface area contributed by atoms with E-state index in [0.29, 0.717) is 25.9 Å². The second-order valence-electron chi connectivity index (χ2n) is 6.72. The van der Waals surface area contributed by atoms with Gasteiger partial charge in [-0.05, 0) is 56.5 Å². The second-order valence-corrected chi connectivity index (χ2v) is 8.43. The molecule has 0 aliphatic carbocycles.